The number of hydrogen-bond donors (Lipinski definition) is 2. The predicted molar refractivity (Wildman–Crippen MR) is 95.6 cm³/mol. The zero-order chi connectivity index (χ0) is 14.7. The number of guanidine groups is 1. The van der Waals surface area contributed by atoms with Gasteiger partial charge in [-0.3, -0.25) is 10.1 Å². The maximum absolute atomic E-state index is 5.14. The van der Waals surface area contributed by atoms with Gasteiger partial charge in [0.05, 0.1) is 20.2 Å². The van der Waals surface area contributed by atoms with Gasteiger partial charge in [0.1, 0.15) is 11.6 Å². The highest BCUT2D eigenvalue weighted by molar-refractivity contribution is 14.0. The number of halogens is 1. The normalized spacial score (nSPS) is 13.5. The number of aromatic amines is 1. The van der Waals surface area contributed by atoms with Crippen LogP contribution in [0.15, 0.2) is 29.3 Å². The van der Waals surface area contributed by atoms with Crippen molar-refractivity contribution in [1.82, 2.24) is 25.4 Å². The van der Waals surface area contributed by atoms with Gasteiger partial charge in [0.15, 0.2) is 11.8 Å². The molecule has 0 unspecified atom stereocenters. The molecule has 1 aromatic carbocycles. The Morgan fingerprint density at radius 3 is 2.73 bits per heavy atom. The van der Waals surface area contributed by atoms with Crippen LogP contribution < -0.4 is 10.1 Å². The van der Waals surface area contributed by atoms with Crippen LogP contribution in [0.2, 0.25) is 0 Å². The van der Waals surface area contributed by atoms with Crippen molar-refractivity contribution in [3.63, 3.8) is 0 Å². The van der Waals surface area contributed by atoms with E-state index in [0.717, 1.165) is 36.2 Å². The second kappa shape index (κ2) is 7.43. The zero-order valence-corrected chi connectivity index (χ0v) is 14.9. The summed E-state index contributed by atoms with van der Waals surface area (Å²) in [6.07, 6.45) is 0. The second-order valence-corrected chi connectivity index (χ2v) is 4.81. The summed E-state index contributed by atoms with van der Waals surface area (Å²) < 4.78 is 5.14. The highest BCUT2D eigenvalue weighted by atomic mass is 127. The lowest BCUT2D eigenvalue weighted by Crippen LogP contribution is -2.35. The number of methoxy groups -OCH3 is 1. The fourth-order valence-corrected chi connectivity index (χ4v) is 2.13. The minimum atomic E-state index is 0. The Labute approximate surface area is 146 Å². The van der Waals surface area contributed by atoms with Crippen LogP contribution in [0.1, 0.15) is 5.82 Å². The standard InChI is InChI=1S/C14H18N6O.HI/c1-20-8-7-15-14(20)16-9-12-17-13(19-18-12)10-3-5-11(21-2)6-4-10;/h3-6H,7-9H2,1-2H3,(H,15,16)(H,17,18,19);1H. The van der Waals surface area contributed by atoms with Crippen molar-refractivity contribution in [3.8, 4) is 17.1 Å². The van der Waals surface area contributed by atoms with Crippen molar-refractivity contribution in [2.75, 3.05) is 27.2 Å². The first-order chi connectivity index (χ1) is 10.3. The molecule has 0 radical (unpaired) electrons. The maximum Gasteiger partial charge on any atom is 0.194 e. The Morgan fingerprint density at radius 1 is 1.32 bits per heavy atom. The molecule has 8 heteroatoms. The third kappa shape index (κ3) is 3.67. The van der Waals surface area contributed by atoms with Gasteiger partial charge in [-0.2, -0.15) is 5.10 Å². The number of nitrogens with zero attached hydrogens (tertiary/aromatic N) is 4. The van der Waals surface area contributed by atoms with E-state index in [4.69, 9.17) is 4.74 Å². The monoisotopic (exact) mass is 414 g/mol. The molecule has 3 rings (SSSR count). The summed E-state index contributed by atoms with van der Waals surface area (Å²) in [6, 6.07) is 7.67. The third-order valence-corrected chi connectivity index (χ3v) is 3.35. The van der Waals surface area contributed by atoms with Gasteiger partial charge in [-0.05, 0) is 24.3 Å². The number of likely N-dealkylation sites (N-methyl/N-ethyl adjacent to an activating group) is 1. The molecule has 1 aromatic heterocycles. The maximum atomic E-state index is 5.14. The summed E-state index contributed by atoms with van der Waals surface area (Å²) in [7, 11) is 3.66. The Morgan fingerprint density at radius 2 is 2.09 bits per heavy atom. The molecule has 0 spiro atoms. The van der Waals surface area contributed by atoms with E-state index < -0.39 is 0 Å². The summed E-state index contributed by atoms with van der Waals surface area (Å²) >= 11 is 0. The molecule has 22 heavy (non-hydrogen) atoms. The van der Waals surface area contributed by atoms with Crippen LogP contribution in [0, 0.1) is 0 Å². The van der Waals surface area contributed by atoms with Gasteiger partial charge in [0.25, 0.3) is 0 Å². The molecule has 7 nitrogen and oxygen atoms in total. The van der Waals surface area contributed by atoms with Crippen molar-refractivity contribution in [1.29, 1.82) is 0 Å². The van der Waals surface area contributed by atoms with Gasteiger partial charge in [0.2, 0.25) is 0 Å². The summed E-state index contributed by atoms with van der Waals surface area (Å²) in [5, 5.41) is 10.4. The number of nitrogens with one attached hydrogen (secondary N) is 2. The number of ether oxygens (including phenoxy) is 1. The molecule has 1 aliphatic rings. The largest absolute Gasteiger partial charge is 0.497 e. The quantitative estimate of drug-likeness (QED) is 0.742. The Balaban J connectivity index is 0.00000176. The average molecular weight is 414 g/mol. The molecule has 118 valence electrons. The molecular weight excluding hydrogens is 395 g/mol. The van der Waals surface area contributed by atoms with Gasteiger partial charge in [-0.15, -0.1) is 24.0 Å². The molecule has 2 heterocycles. The first-order valence-electron chi connectivity index (χ1n) is 6.81. The van der Waals surface area contributed by atoms with Crippen LogP contribution >= 0.6 is 24.0 Å². The topological polar surface area (TPSA) is 78.4 Å². The van der Waals surface area contributed by atoms with Crippen LogP contribution in [0.3, 0.4) is 0 Å². The Kier molecular flexibility index (Phi) is 5.58. The van der Waals surface area contributed by atoms with Crippen LogP contribution in [-0.2, 0) is 6.54 Å². The van der Waals surface area contributed by atoms with E-state index in [9.17, 15) is 0 Å². The lowest BCUT2D eigenvalue weighted by atomic mass is 10.2. The molecule has 2 N–H and O–H groups in total. The summed E-state index contributed by atoms with van der Waals surface area (Å²) in [4.78, 5) is 10.9. The van der Waals surface area contributed by atoms with E-state index in [1.54, 1.807) is 7.11 Å². The first-order valence-corrected chi connectivity index (χ1v) is 6.81. The molecule has 0 saturated carbocycles. The van der Waals surface area contributed by atoms with Crippen LogP contribution in [0.25, 0.3) is 11.4 Å². The Bertz CT molecular complexity index is 639. The van der Waals surface area contributed by atoms with Crippen molar-refractivity contribution < 1.29 is 4.74 Å². The van der Waals surface area contributed by atoms with E-state index in [2.05, 4.69) is 30.4 Å². The van der Waals surface area contributed by atoms with E-state index in [1.165, 1.54) is 0 Å². The molecule has 0 fully saturated rings. The van der Waals surface area contributed by atoms with Crippen LogP contribution in [0.5, 0.6) is 5.75 Å². The SMILES string of the molecule is COc1ccc(-c2n[nH]c(CNC3=NCCN3C)n2)cc1.I. The van der Waals surface area contributed by atoms with E-state index >= 15 is 0 Å². The number of H-pyrrole nitrogens is 1. The molecule has 0 amide bonds. The highest BCUT2D eigenvalue weighted by Crippen LogP contribution is 2.18. The van der Waals surface area contributed by atoms with Gasteiger partial charge in [-0.1, -0.05) is 0 Å². The minimum absolute atomic E-state index is 0. The zero-order valence-electron chi connectivity index (χ0n) is 12.5. The van der Waals surface area contributed by atoms with Crippen molar-refractivity contribution in [3.05, 3.63) is 30.1 Å². The average Bonchev–Trinajstić information content (AvgIpc) is 3.14. The van der Waals surface area contributed by atoms with Crippen LogP contribution in [0.4, 0.5) is 0 Å². The highest BCUT2D eigenvalue weighted by Gasteiger charge is 2.12. The molecule has 0 atom stereocenters. The summed E-state index contributed by atoms with van der Waals surface area (Å²) in [6.45, 7) is 2.37. The lowest BCUT2D eigenvalue weighted by molar-refractivity contribution is 0.415. The number of rotatable bonds is 4. The number of hydrogen-bond acceptors (Lipinski definition) is 6. The van der Waals surface area contributed by atoms with Crippen molar-refractivity contribution >= 4 is 29.9 Å². The first kappa shape index (κ1) is 16.5. The molecule has 2 aromatic rings. The van der Waals surface area contributed by atoms with Crippen molar-refractivity contribution in [2.45, 2.75) is 6.54 Å². The fraction of sp³-hybridized carbons (Fsp3) is 0.357. The van der Waals surface area contributed by atoms with Gasteiger partial charge in [0, 0.05) is 19.2 Å². The smallest absolute Gasteiger partial charge is 0.194 e. The number of aliphatic imine (C=N–C) groups is 1. The van der Waals surface area contributed by atoms with E-state index in [-0.39, 0.29) is 24.0 Å². The summed E-state index contributed by atoms with van der Waals surface area (Å²) in [5.41, 5.74) is 0.952. The number of benzene rings is 1. The second-order valence-electron chi connectivity index (χ2n) is 4.81. The molecule has 0 saturated heterocycles. The summed E-state index contributed by atoms with van der Waals surface area (Å²) in [5.74, 6) is 3.18. The van der Waals surface area contributed by atoms with Crippen LogP contribution in [-0.4, -0.2) is 53.3 Å². The Hall–Kier alpha value is -1.84. The van der Waals surface area contributed by atoms with E-state index in [0.29, 0.717) is 12.4 Å². The third-order valence-electron chi connectivity index (χ3n) is 3.35. The lowest BCUT2D eigenvalue weighted by Gasteiger charge is -2.13. The van der Waals surface area contributed by atoms with Gasteiger partial charge < -0.3 is 15.0 Å². The molecule has 1 aliphatic heterocycles. The van der Waals surface area contributed by atoms with Gasteiger partial charge in [-0.25, -0.2) is 4.98 Å². The van der Waals surface area contributed by atoms with E-state index in [1.807, 2.05) is 31.3 Å². The predicted octanol–water partition coefficient (Wildman–Crippen LogP) is 1.49. The molecule has 0 aliphatic carbocycles. The molecule has 0 bridgehead atoms. The number of aromatic nitrogens is 3. The fourth-order valence-electron chi connectivity index (χ4n) is 2.13. The minimum Gasteiger partial charge on any atom is -0.497 e. The van der Waals surface area contributed by atoms with Gasteiger partial charge >= 0.3 is 0 Å². The van der Waals surface area contributed by atoms with Crippen molar-refractivity contribution in [2.24, 2.45) is 4.99 Å². The molecular formula is C14H19IN6O.